The third kappa shape index (κ3) is 4.01. The zero-order valence-corrected chi connectivity index (χ0v) is 14.4. The molecule has 1 unspecified atom stereocenters. The number of hydrogen-bond acceptors (Lipinski definition) is 8. The van der Waals surface area contributed by atoms with E-state index in [1.807, 2.05) is 25.7 Å². The number of carbonyl (C=O) groups excluding carboxylic acids is 1. The fraction of sp³-hybridized carbons (Fsp3) is 0.667. The fourth-order valence-electron chi connectivity index (χ4n) is 2.51. The van der Waals surface area contributed by atoms with Gasteiger partial charge in [-0.3, -0.25) is 0 Å². The number of nitrogen functional groups attached to an aromatic ring is 1. The summed E-state index contributed by atoms with van der Waals surface area (Å²) in [7, 11) is 1.75. The molecule has 8 nitrogen and oxygen atoms in total. The topological polar surface area (TPSA) is 105 Å². The number of esters is 1. The number of aromatic nitrogens is 2. The Morgan fingerprint density at radius 3 is 2.74 bits per heavy atom. The van der Waals surface area contributed by atoms with E-state index in [-0.39, 0.29) is 5.97 Å². The zero-order chi connectivity index (χ0) is 17.2. The summed E-state index contributed by atoms with van der Waals surface area (Å²) < 4.78 is 5.54. The first kappa shape index (κ1) is 17.3. The van der Waals surface area contributed by atoms with Crippen molar-refractivity contribution in [1.29, 1.82) is 0 Å². The molecule has 2 rings (SSSR count). The molecule has 1 atom stereocenters. The molecule has 2 heterocycles. The fourth-order valence-corrected chi connectivity index (χ4v) is 2.51. The van der Waals surface area contributed by atoms with Crippen LogP contribution in [-0.4, -0.2) is 54.3 Å². The van der Waals surface area contributed by atoms with E-state index in [1.165, 1.54) is 0 Å². The number of aryl methyl sites for hydroxylation is 1. The van der Waals surface area contributed by atoms with Gasteiger partial charge in [0.25, 0.3) is 0 Å². The molecule has 1 aliphatic rings. The molecule has 23 heavy (non-hydrogen) atoms. The number of carbonyl (C=O) groups is 1. The average molecular weight is 322 g/mol. The van der Waals surface area contributed by atoms with Gasteiger partial charge in [-0.05, 0) is 27.7 Å². The Morgan fingerprint density at radius 1 is 1.43 bits per heavy atom. The highest BCUT2D eigenvalue weighted by Crippen LogP contribution is 2.29. The van der Waals surface area contributed by atoms with Gasteiger partial charge in [0, 0.05) is 26.7 Å². The summed E-state index contributed by atoms with van der Waals surface area (Å²) in [6, 6.07) is -0.468. The second-order valence-electron chi connectivity index (χ2n) is 6.55. The Hall–Kier alpha value is -2.09. The van der Waals surface area contributed by atoms with Crippen molar-refractivity contribution in [1.82, 2.24) is 15.3 Å². The predicted octanol–water partition coefficient (Wildman–Crippen LogP) is 0.529. The normalized spacial score (nSPS) is 18.7. The molecular weight excluding hydrogens is 296 g/mol. The molecule has 0 aromatic carbocycles. The Kier molecular flexibility index (Phi) is 4.93. The van der Waals surface area contributed by atoms with Gasteiger partial charge >= 0.3 is 5.97 Å². The van der Waals surface area contributed by atoms with Crippen molar-refractivity contribution in [2.24, 2.45) is 0 Å². The van der Waals surface area contributed by atoms with Crippen molar-refractivity contribution in [2.75, 3.05) is 42.6 Å². The lowest BCUT2D eigenvalue weighted by molar-refractivity contribution is -0.156. The molecule has 0 aliphatic carbocycles. The van der Waals surface area contributed by atoms with E-state index in [4.69, 9.17) is 10.5 Å². The second-order valence-corrected chi connectivity index (χ2v) is 6.55. The number of ether oxygens (including phenoxy) is 1. The van der Waals surface area contributed by atoms with Crippen LogP contribution in [0.25, 0.3) is 0 Å². The van der Waals surface area contributed by atoms with Crippen LogP contribution in [0.1, 0.15) is 26.6 Å². The minimum atomic E-state index is -0.538. The number of nitrogens with two attached hydrogens (primary N) is 1. The summed E-state index contributed by atoms with van der Waals surface area (Å²) in [6.45, 7) is 9.22. The summed E-state index contributed by atoms with van der Waals surface area (Å²) in [4.78, 5) is 23.2. The van der Waals surface area contributed by atoms with Crippen LogP contribution in [0.15, 0.2) is 0 Å². The van der Waals surface area contributed by atoms with Gasteiger partial charge in [0.15, 0.2) is 11.6 Å². The maximum Gasteiger partial charge on any atom is 0.330 e. The van der Waals surface area contributed by atoms with E-state index in [2.05, 4.69) is 20.6 Å². The molecule has 0 bridgehead atoms. The van der Waals surface area contributed by atoms with E-state index >= 15 is 0 Å². The second kappa shape index (κ2) is 6.57. The number of anilines is 3. The molecule has 8 heteroatoms. The van der Waals surface area contributed by atoms with Crippen LogP contribution in [-0.2, 0) is 9.53 Å². The van der Waals surface area contributed by atoms with Crippen molar-refractivity contribution in [3.63, 3.8) is 0 Å². The van der Waals surface area contributed by atoms with Crippen molar-refractivity contribution >= 4 is 23.3 Å². The van der Waals surface area contributed by atoms with E-state index in [9.17, 15) is 4.79 Å². The maximum atomic E-state index is 12.5. The highest BCUT2D eigenvalue weighted by Gasteiger charge is 2.34. The highest BCUT2D eigenvalue weighted by molar-refractivity contribution is 5.84. The molecule has 1 saturated heterocycles. The minimum absolute atomic E-state index is 0.286. The van der Waals surface area contributed by atoms with E-state index in [0.717, 1.165) is 6.54 Å². The van der Waals surface area contributed by atoms with Gasteiger partial charge in [-0.2, -0.15) is 0 Å². The molecule has 0 amide bonds. The van der Waals surface area contributed by atoms with Gasteiger partial charge < -0.3 is 26.0 Å². The van der Waals surface area contributed by atoms with E-state index in [0.29, 0.717) is 36.2 Å². The quantitative estimate of drug-likeness (QED) is 0.692. The van der Waals surface area contributed by atoms with Gasteiger partial charge in [0.2, 0.25) is 0 Å². The molecule has 1 aromatic heterocycles. The van der Waals surface area contributed by atoms with E-state index in [1.54, 1.807) is 14.0 Å². The molecule has 1 aromatic rings. The summed E-state index contributed by atoms with van der Waals surface area (Å²) in [5.41, 5.74) is 6.08. The van der Waals surface area contributed by atoms with Crippen molar-refractivity contribution in [3.8, 4) is 0 Å². The largest absolute Gasteiger partial charge is 0.458 e. The van der Waals surface area contributed by atoms with E-state index < -0.39 is 11.6 Å². The third-order valence-corrected chi connectivity index (χ3v) is 3.47. The maximum absolute atomic E-state index is 12.5. The highest BCUT2D eigenvalue weighted by atomic mass is 16.6. The first-order valence-corrected chi connectivity index (χ1v) is 7.75. The van der Waals surface area contributed by atoms with Gasteiger partial charge in [-0.1, -0.05) is 0 Å². The van der Waals surface area contributed by atoms with Crippen molar-refractivity contribution < 1.29 is 9.53 Å². The summed E-state index contributed by atoms with van der Waals surface area (Å²) in [5.74, 6) is 1.44. The lowest BCUT2D eigenvalue weighted by Crippen LogP contribution is -2.57. The van der Waals surface area contributed by atoms with Gasteiger partial charge in [0.1, 0.15) is 23.2 Å². The smallest absolute Gasteiger partial charge is 0.330 e. The molecule has 1 aliphatic heterocycles. The summed E-state index contributed by atoms with van der Waals surface area (Å²) in [6.07, 6.45) is 0. The number of rotatable bonds is 3. The number of hydrogen-bond donors (Lipinski definition) is 3. The SMILES string of the molecule is CNc1nc(C)nc(N2CCNCC2C(=O)OC(C)(C)C)c1N. The van der Waals surface area contributed by atoms with Crippen LogP contribution in [0, 0.1) is 6.92 Å². The molecule has 0 radical (unpaired) electrons. The predicted molar refractivity (Wildman–Crippen MR) is 90.6 cm³/mol. The first-order chi connectivity index (χ1) is 10.7. The Morgan fingerprint density at radius 2 is 2.13 bits per heavy atom. The van der Waals surface area contributed by atoms with Crippen LogP contribution in [0.3, 0.4) is 0 Å². The first-order valence-electron chi connectivity index (χ1n) is 7.75. The lowest BCUT2D eigenvalue weighted by Gasteiger charge is -2.37. The standard InChI is InChI=1S/C15H26N6O2/c1-9-19-12(17-5)11(16)13(20-9)21-7-6-18-8-10(21)14(22)23-15(2,3)4/h10,18H,6-8,16H2,1-5H3,(H,17,19,20). The third-order valence-electron chi connectivity index (χ3n) is 3.47. The van der Waals surface area contributed by atoms with Crippen molar-refractivity contribution in [2.45, 2.75) is 39.3 Å². The lowest BCUT2D eigenvalue weighted by atomic mass is 10.1. The number of nitrogens with zero attached hydrogens (tertiary/aromatic N) is 3. The minimum Gasteiger partial charge on any atom is -0.458 e. The molecular formula is C15H26N6O2. The Balaban J connectivity index is 2.35. The average Bonchev–Trinajstić information content (AvgIpc) is 2.47. The van der Waals surface area contributed by atoms with Crippen LogP contribution in [0.2, 0.25) is 0 Å². The molecule has 1 fully saturated rings. The van der Waals surface area contributed by atoms with Gasteiger partial charge in [0.05, 0.1) is 0 Å². The number of piperazine rings is 1. The zero-order valence-electron chi connectivity index (χ0n) is 14.4. The van der Waals surface area contributed by atoms with Gasteiger partial charge in [-0.15, -0.1) is 0 Å². The van der Waals surface area contributed by atoms with Gasteiger partial charge in [-0.25, -0.2) is 14.8 Å². The van der Waals surface area contributed by atoms with Crippen LogP contribution >= 0.6 is 0 Å². The molecule has 4 N–H and O–H groups in total. The summed E-state index contributed by atoms with van der Waals surface area (Å²) >= 11 is 0. The van der Waals surface area contributed by atoms with Crippen molar-refractivity contribution in [3.05, 3.63) is 5.82 Å². The van der Waals surface area contributed by atoms with Crippen LogP contribution in [0.4, 0.5) is 17.3 Å². The molecule has 0 spiro atoms. The number of nitrogens with one attached hydrogen (secondary N) is 2. The van der Waals surface area contributed by atoms with Crippen LogP contribution in [0.5, 0.6) is 0 Å². The monoisotopic (exact) mass is 322 g/mol. The molecule has 0 saturated carbocycles. The Bertz CT molecular complexity index is 584. The summed E-state index contributed by atoms with van der Waals surface area (Å²) in [5, 5.41) is 6.18. The van der Waals surface area contributed by atoms with Crippen LogP contribution < -0.4 is 21.3 Å². The Labute approximate surface area is 136 Å². The molecule has 128 valence electrons.